The third-order valence-corrected chi connectivity index (χ3v) is 3.23. The fourth-order valence-corrected chi connectivity index (χ4v) is 2.29. The molecular formula is C13H17N5O3. The zero-order valence-corrected chi connectivity index (χ0v) is 12.2. The lowest BCUT2D eigenvalue weighted by atomic mass is 10.1. The summed E-state index contributed by atoms with van der Waals surface area (Å²) < 4.78 is 6.62. The van der Waals surface area contributed by atoms with Crippen LogP contribution in [0.3, 0.4) is 0 Å². The first-order valence-electron chi connectivity index (χ1n) is 6.77. The maximum atomic E-state index is 12.4. The predicted molar refractivity (Wildman–Crippen MR) is 74.0 cm³/mol. The van der Waals surface area contributed by atoms with Gasteiger partial charge in [-0.1, -0.05) is 0 Å². The zero-order chi connectivity index (χ0) is 15.2. The number of carbonyl (C=O) groups excluding carboxylic acids is 1. The molecule has 112 valence electrons. The number of rotatable bonds is 0. The van der Waals surface area contributed by atoms with E-state index in [9.17, 15) is 9.59 Å². The molecule has 0 fully saturated rings. The minimum Gasteiger partial charge on any atom is -0.444 e. The number of hydrogen-bond donors (Lipinski definition) is 1. The molecule has 3 heterocycles. The van der Waals surface area contributed by atoms with Crippen molar-refractivity contribution < 1.29 is 9.53 Å². The topological polar surface area (TPSA) is 92.6 Å². The summed E-state index contributed by atoms with van der Waals surface area (Å²) in [5, 5.41) is 2.72. The van der Waals surface area contributed by atoms with Crippen LogP contribution < -0.4 is 5.56 Å². The van der Waals surface area contributed by atoms with E-state index in [1.807, 2.05) is 20.8 Å². The maximum Gasteiger partial charge on any atom is 0.410 e. The van der Waals surface area contributed by atoms with Crippen LogP contribution in [-0.4, -0.2) is 42.7 Å². The minimum atomic E-state index is -0.558. The van der Waals surface area contributed by atoms with Gasteiger partial charge >= 0.3 is 6.09 Å². The number of ether oxygens (including phenoxy) is 1. The SMILES string of the molecule is CC(C)(C)OC(=O)N1CCc2nc3nc[nH]n3c(=O)c2C1. The van der Waals surface area contributed by atoms with Gasteiger partial charge < -0.3 is 9.64 Å². The number of aromatic nitrogens is 4. The number of nitrogens with one attached hydrogen (secondary N) is 1. The molecule has 8 nitrogen and oxygen atoms in total. The molecule has 0 bridgehead atoms. The Morgan fingerprint density at radius 1 is 1.43 bits per heavy atom. The Labute approximate surface area is 120 Å². The van der Waals surface area contributed by atoms with E-state index in [1.54, 1.807) is 0 Å². The van der Waals surface area contributed by atoms with Gasteiger partial charge in [-0.15, -0.1) is 0 Å². The van der Waals surface area contributed by atoms with Crippen LogP contribution in [-0.2, 0) is 17.7 Å². The minimum absolute atomic E-state index is 0.206. The van der Waals surface area contributed by atoms with Crippen LogP contribution in [0.2, 0.25) is 0 Å². The fraction of sp³-hybridized carbons (Fsp3) is 0.538. The monoisotopic (exact) mass is 291 g/mol. The van der Waals surface area contributed by atoms with E-state index in [0.29, 0.717) is 30.0 Å². The molecule has 1 amide bonds. The Hall–Kier alpha value is -2.38. The predicted octanol–water partition coefficient (Wildman–Crippen LogP) is 0.711. The van der Waals surface area contributed by atoms with Crippen LogP contribution in [0.1, 0.15) is 32.0 Å². The lowest BCUT2D eigenvalue weighted by molar-refractivity contribution is 0.0221. The third-order valence-electron chi connectivity index (χ3n) is 3.23. The quantitative estimate of drug-likeness (QED) is 0.771. The molecule has 0 atom stereocenters. The van der Waals surface area contributed by atoms with Crippen molar-refractivity contribution >= 4 is 11.9 Å². The molecule has 0 unspecified atom stereocenters. The molecule has 0 saturated carbocycles. The molecule has 0 spiro atoms. The summed E-state index contributed by atoms with van der Waals surface area (Å²) in [5.74, 6) is 0.351. The Balaban J connectivity index is 1.91. The molecule has 0 aliphatic carbocycles. The second-order valence-corrected chi connectivity index (χ2v) is 6.02. The van der Waals surface area contributed by atoms with Gasteiger partial charge in [0.1, 0.15) is 11.9 Å². The summed E-state index contributed by atoms with van der Waals surface area (Å²) in [7, 11) is 0. The molecule has 3 rings (SSSR count). The molecule has 1 aliphatic heterocycles. The summed E-state index contributed by atoms with van der Waals surface area (Å²) in [4.78, 5) is 34.3. The van der Waals surface area contributed by atoms with Crippen molar-refractivity contribution in [1.82, 2.24) is 24.5 Å². The van der Waals surface area contributed by atoms with E-state index in [1.165, 1.54) is 15.7 Å². The third kappa shape index (κ3) is 2.48. The van der Waals surface area contributed by atoms with Crippen molar-refractivity contribution in [2.24, 2.45) is 0 Å². The molecule has 1 aliphatic rings. The average Bonchev–Trinajstić information content (AvgIpc) is 2.85. The van der Waals surface area contributed by atoms with Gasteiger partial charge in [0.25, 0.3) is 11.3 Å². The molecule has 8 heteroatoms. The average molecular weight is 291 g/mol. The molecule has 0 aromatic carbocycles. The Morgan fingerprint density at radius 3 is 2.90 bits per heavy atom. The zero-order valence-electron chi connectivity index (χ0n) is 12.2. The van der Waals surface area contributed by atoms with E-state index in [4.69, 9.17) is 4.74 Å². The lowest BCUT2D eigenvalue weighted by Gasteiger charge is -2.30. The number of hydrogen-bond acceptors (Lipinski definition) is 5. The Morgan fingerprint density at radius 2 is 2.19 bits per heavy atom. The highest BCUT2D eigenvalue weighted by Gasteiger charge is 2.28. The number of H-pyrrole nitrogens is 1. The first-order chi connectivity index (χ1) is 9.85. The second-order valence-electron chi connectivity index (χ2n) is 6.02. The van der Waals surface area contributed by atoms with Crippen LogP contribution in [0.4, 0.5) is 4.79 Å². The van der Waals surface area contributed by atoms with Gasteiger partial charge in [-0.05, 0) is 20.8 Å². The highest BCUT2D eigenvalue weighted by Crippen LogP contribution is 2.17. The van der Waals surface area contributed by atoms with E-state index >= 15 is 0 Å². The molecule has 0 saturated heterocycles. The van der Waals surface area contributed by atoms with Crippen molar-refractivity contribution in [2.45, 2.75) is 39.3 Å². The van der Waals surface area contributed by atoms with Crippen molar-refractivity contribution in [3.8, 4) is 0 Å². The van der Waals surface area contributed by atoms with E-state index in [2.05, 4.69) is 15.1 Å². The molecule has 2 aromatic rings. The number of fused-ring (bicyclic) bond motifs is 2. The molecule has 2 aromatic heterocycles. The molecular weight excluding hydrogens is 274 g/mol. The second kappa shape index (κ2) is 4.57. The maximum absolute atomic E-state index is 12.4. The summed E-state index contributed by atoms with van der Waals surface area (Å²) in [6, 6.07) is 0. The van der Waals surface area contributed by atoms with Gasteiger partial charge in [0.2, 0.25) is 0 Å². The van der Waals surface area contributed by atoms with Crippen LogP contribution in [0.5, 0.6) is 0 Å². The van der Waals surface area contributed by atoms with Crippen molar-refractivity contribution in [1.29, 1.82) is 0 Å². The Kier molecular flexibility index (Phi) is 2.96. The Bertz CT molecular complexity index is 755. The first kappa shape index (κ1) is 13.6. The first-order valence-corrected chi connectivity index (χ1v) is 6.77. The van der Waals surface area contributed by atoms with E-state index in [-0.39, 0.29) is 12.1 Å². The molecule has 21 heavy (non-hydrogen) atoms. The van der Waals surface area contributed by atoms with Crippen LogP contribution in [0.25, 0.3) is 5.78 Å². The van der Waals surface area contributed by atoms with E-state index in [0.717, 1.165) is 0 Å². The van der Waals surface area contributed by atoms with Crippen molar-refractivity contribution in [3.63, 3.8) is 0 Å². The largest absolute Gasteiger partial charge is 0.444 e. The van der Waals surface area contributed by atoms with Crippen LogP contribution in [0.15, 0.2) is 11.1 Å². The fourth-order valence-electron chi connectivity index (χ4n) is 2.29. The van der Waals surface area contributed by atoms with Crippen molar-refractivity contribution in [3.05, 3.63) is 27.9 Å². The van der Waals surface area contributed by atoms with Crippen LogP contribution in [0, 0.1) is 0 Å². The van der Waals surface area contributed by atoms with Gasteiger partial charge in [-0.3, -0.25) is 9.89 Å². The van der Waals surface area contributed by atoms with Gasteiger partial charge in [-0.2, -0.15) is 4.52 Å². The highest BCUT2D eigenvalue weighted by molar-refractivity contribution is 5.68. The summed E-state index contributed by atoms with van der Waals surface area (Å²) in [6.07, 6.45) is 1.52. The molecule has 1 N–H and O–H groups in total. The van der Waals surface area contributed by atoms with Gasteiger partial charge in [-0.25, -0.2) is 14.8 Å². The summed E-state index contributed by atoms with van der Waals surface area (Å²) >= 11 is 0. The number of nitrogens with zero attached hydrogens (tertiary/aromatic N) is 4. The van der Waals surface area contributed by atoms with Crippen LogP contribution >= 0.6 is 0 Å². The molecule has 0 radical (unpaired) electrons. The van der Waals surface area contributed by atoms with Gasteiger partial charge in [0, 0.05) is 13.0 Å². The highest BCUT2D eigenvalue weighted by atomic mass is 16.6. The lowest BCUT2D eigenvalue weighted by Crippen LogP contribution is -2.42. The van der Waals surface area contributed by atoms with Crippen molar-refractivity contribution in [2.75, 3.05) is 6.54 Å². The summed E-state index contributed by atoms with van der Waals surface area (Å²) in [6.45, 7) is 6.13. The normalized spacial score (nSPS) is 15.1. The number of amides is 1. The standard InChI is InChI=1S/C13H17N5O3/c1-13(2,3)21-12(20)17-5-4-9-8(6-17)10(19)18-11(16-9)14-7-15-18/h7H,4-6H2,1-3H3,(H,14,15,16). The van der Waals surface area contributed by atoms with E-state index < -0.39 is 11.7 Å². The van der Waals surface area contributed by atoms with Gasteiger partial charge in [0.05, 0.1) is 17.8 Å². The smallest absolute Gasteiger partial charge is 0.410 e. The number of carbonyl (C=O) groups is 1. The summed E-state index contributed by atoms with van der Waals surface area (Å²) in [5.41, 5.74) is 0.430. The van der Waals surface area contributed by atoms with Gasteiger partial charge in [0.15, 0.2) is 0 Å². The number of aromatic amines is 1.